The Morgan fingerprint density at radius 2 is 1.61 bits per heavy atom. The molecular formula is C16H18ClNO4S. The molecule has 2 rings (SSSR count). The second kappa shape index (κ2) is 7.21. The van der Waals surface area contributed by atoms with E-state index in [1.807, 2.05) is 0 Å². The Morgan fingerprint density at radius 3 is 2.17 bits per heavy atom. The normalized spacial score (nSPS) is 12.7. The molecule has 1 atom stereocenters. The van der Waals surface area contributed by atoms with E-state index in [1.165, 1.54) is 31.4 Å². The zero-order valence-electron chi connectivity index (χ0n) is 13.0. The van der Waals surface area contributed by atoms with Crippen molar-refractivity contribution in [3.8, 4) is 11.5 Å². The number of hydrogen-bond donors (Lipinski definition) is 1. The highest BCUT2D eigenvalue weighted by atomic mass is 35.5. The minimum atomic E-state index is -3.64. The van der Waals surface area contributed by atoms with Gasteiger partial charge in [0, 0.05) is 11.1 Å². The van der Waals surface area contributed by atoms with E-state index < -0.39 is 16.1 Å². The van der Waals surface area contributed by atoms with E-state index in [0.717, 1.165) is 5.56 Å². The highest BCUT2D eigenvalue weighted by Crippen LogP contribution is 2.30. The summed E-state index contributed by atoms with van der Waals surface area (Å²) >= 11 is 5.78. The van der Waals surface area contributed by atoms with Gasteiger partial charge in [0.1, 0.15) is 0 Å². The molecule has 0 aliphatic heterocycles. The van der Waals surface area contributed by atoms with Gasteiger partial charge in [-0.05, 0) is 48.9 Å². The number of hydrogen-bond acceptors (Lipinski definition) is 4. The Morgan fingerprint density at radius 1 is 1.00 bits per heavy atom. The highest BCUT2D eigenvalue weighted by Gasteiger charge is 2.19. The molecule has 0 aromatic heterocycles. The summed E-state index contributed by atoms with van der Waals surface area (Å²) in [6.07, 6.45) is 0. The molecule has 2 aromatic rings. The van der Waals surface area contributed by atoms with Gasteiger partial charge in [-0.2, -0.15) is 0 Å². The van der Waals surface area contributed by atoms with Gasteiger partial charge in [-0.3, -0.25) is 0 Å². The van der Waals surface area contributed by atoms with E-state index >= 15 is 0 Å². The van der Waals surface area contributed by atoms with Gasteiger partial charge in [0.15, 0.2) is 11.5 Å². The molecule has 23 heavy (non-hydrogen) atoms. The summed E-state index contributed by atoms with van der Waals surface area (Å²) in [5.74, 6) is 1.13. The van der Waals surface area contributed by atoms with Crippen molar-refractivity contribution in [2.45, 2.75) is 17.9 Å². The van der Waals surface area contributed by atoms with Crippen molar-refractivity contribution in [2.75, 3.05) is 14.2 Å². The fourth-order valence-corrected chi connectivity index (χ4v) is 3.46. The lowest BCUT2D eigenvalue weighted by Gasteiger charge is -2.16. The standard InChI is InChI=1S/C16H18ClNO4S/c1-11(12-4-9-15(21-2)16(10-12)22-3)18-23(19,20)14-7-5-13(17)6-8-14/h4-11,18H,1-3H3. The summed E-state index contributed by atoms with van der Waals surface area (Å²) in [4.78, 5) is 0.161. The Kier molecular flexibility index (Phi) is 5.51. The van der Waals surface area contributed by atoms with Crippen LogP contribution < -0.4 is 14.2 Å². The first-order valence-corrected chi connectivity index (χ1v) is 8.73. The van der Waals surface area contributed by atoms with Crippen molar-refractivity contribution in [3.05, 3.63) is 53.1 Å². The quantitative estimate of drug-likeness (QED) is 0.862. The van der Waals surface area contributed by atoms with Gasteiger partial charge in [-0.1, -0.05) is 17.7 Å². The summed E-state index contributed by atoms with van der Waals surface area (Å²) < 4.78 is 37.8. The lowest BCUT2D eigenvalue weighted by atomic mass is 10.1. The van der Waals surface area contributed by atoms with Crippen LogP contribution in [-0.4, -0.2) is 22.6 Å². The SMILES string of the molecule is COc1ccc(C(C)NS(=O)(=O)c2ccc(Cl)cc2)cc1OC. The number of ether oxygens (including phenoxy) is 2. The lowest BCUT2D eigenvalue weighted by Crippen LogP contribution is -2.26. The highest BCUT2D eigenvalue weighted by molar-refractivity contribution is 7.89. The molecule has 0 amide bonds. The van der Waals surface area contributed by atoms with Crippen LogP contribution in [0.25, 0.3) is 0 Å². The molecule has 0 radical (unpaired) electrons. The van der Waals surface area contributed by atoms with E-state index in [0.29, 0.717) is 16.5 Å². The number of nitrogens with one attached hydrogen (secondary N) is 1. The van der Waals surface area contributed by atoms with Crippen LogP contribution in [0, 0.1) is 0 Å². The second-order valence-corrected chi connectivity index (χ2v) is 7.06. The maximum absolute atomic E-state index is 12.4. The van der Waals surface area contributed by atoms with Crippen molar-refractivity contribution in [1.29, 1.82) is 0 Å². The third-order valence-electron chi connectivity index (χ3n) is 3.36. The minimum absolute atomic E-state index is 0.161. The van der Waals surface area contributed by atoms with Gasteiger partial charge in [-0.15, -0.1) is 0 Å². The van der Waals surface area contributed by atoms with E-state index in [2.05, 4.69) is 4.72 Å². The van der Waals surface area contributed by atoms with Crippen LogP contribution in [0.1, 0.15) is 18.5 Å². The molecule has 0 saturated heterocycles. The number of rotatable bonds is 6. The van der Waals surface area contributed by atoms with Gasteiger partial charge in [0.25, 0.3) is 0 Å². The minimum Gasteiger partial charge on any atom is -0.493 e. The molecule has 0 bridgehead atoms. The summed E-state index contributed by atoms with van der Waals surface area (Å²) in [5.41, 5.74) is 0.764. The largest absolute Gasteiger partial charge is 0.493 e. The van der Waals surface area contributed by atoms with Crippen molar-refractivity contribution < 1.29 is 17.9 Å². The monoisotopic (exact) mass is 355 g/mol. The third kappa shape index (κ3) is 4.16. The Hall–Kier alpha value is -1.76. The van der Waals surface area contributed by atoms with Crippen LogP contribution in [0.2, 0.25) is 5.02 Å². The first-order valence-electron chi connectivity index (χ1n) is 6.87. The van der Waals surface area contributed by atoms with Gasteiger partial charge < -0.3 is 9.47 Å². The molecule has 0 aliphatic carbocycles. The Bertz CT molecular complexity index is 775. The van der Waals surface area contributed by atoms with Crippen molar-refractivity contribution in [1.82, 2.24) is 4.72 Å². The molecule has 5 nitrogen and oxygen atoms in total. The van der Waals surface area contributed by atoms with Crippen LogP contribution in [0.4, 0.5) is 0 Å². The number of benzene rings is 2. The van der Waals surface area contributed by atoms with Crippen molar-refractivity contribution in [2.24, 2.45) is 0 Å². The second-order valence-electron chi connectivity index (χ2n) is 4.91. The van der Waals surface area contributed by atoms with Gasteiger partial charge >= 0.3 is 0 Å². The molecular weight excluding hydrogens is 338 g/mol. The maximum atomic E-state index is 12.4. The van der Waals surface area contributed by atoms with Crippen LogP contribution in [0.3, 0.4) is 0 Å². The van der Waals surface area contributed by atoms with Gasteiger partial charge in [0.05, 0.1) is 19.1 Å². The van der Waals surface area contributed by atoms with Gasteiger partial charge in [-0.25, -0.2) is 13.1 Å². The fraction of sp³-hybridized carbons (Fsp3) is 0.250. The van der Waals surface area contributed by atoms with Crippen molar-refractivity contribution >= 4 is 21.6 Å². The fourth-order valence-electron chi connectivity index (χ4n) is 2.10. The Labute approximate surface area is 141 Å². The van der Waals surface area contributed by atoms with E-state index in [4.69, 9.17) is 21.1 Å². The molecule has 7 heteroatoms. The van der Waals surface area contributed by atoms with E-state index in [-0.39, 0.29) is 4.90 Å². The summed E-state index contributed by atoms with van der Waals surface area (Å²) in [7, 11) is -0.563. The third-order valence-corrected chi connectivity index (χ3v) is 5.17. The maximum Gasteiger partial charge on any atom is 0.241 e. The van der Waals surface area contributed by atoms with Crippen molar-refractivity contribution in [3.63, 3.8) is 0 Å². The number of halogens is 1. The summed E-state index contributed by atoms with van der Waals surface area (Å²) in [6, 6.07) is 10.8. The van der Waals surface area contributed by atoms with Crippen LogP contribution in [0.5, 0.6) is 11.5 Å². The predicted molar refractivity (Wildman–Crippen MR) is 89.7 cm³/mol. The average molecular weight is 356 g/mol. The molecule has 0 fully saturated rings. The molecule has 0 saturated carbocycles. The average Bonchev–Trinajstić information content (AvgIpc) is 2.54. The molecule has 0 spiro atoms. The van der Waals surface area contributed by atoms with E-state index in [9.17, 15) is 8.42 Å². The molecule has 2 aromatic carbocycles. The molecule has 0 aliphatic rings. The van der Waals surface area contributed by atoms with E-state index in [1.54, 1.807) is 32.2 Å². The number of sulfonamides is 1. The van der Waals surface area contributed by atoms with Crippen LogP contribution in [0.15, 0.2) is 47.4 Å². The molecule has 124 valence electrons. The predicted octanol–water partition coefficient (Wildman–Crippen LogP) is 3.40. The molecule has 0 heterocycles. The first kappa shape index (κ1) is 17.6. The Balaban J connectivity index is 2.24. The smallest absolute Gasteiger partial charge is 0.241 e. The number of methoxy groups -OCH3 is 2. The van der Waals surface area contributed by atoms with Crippen LogP contribution >= 0.6 is 11.6 Å². The zero-order chi connectivity index (χ0) is 17.0. The van der Waals surface area contributed by atoms with Gasteiger partial charge in [0.2, 0.25) is 10.0 Å². The first-order chi connectivity index (χ1) is 10.9. The van der Waals surface area contributed by atoms with Crippen LogP contribution in [-0.2, 0) is 10.0 Å². The zero-order valence-corrected chi connectivity index (χ0v) is 14.6. The lowest BCUT2D eigenvalue weighted by molar-refractivity contribution is 0.354. The summed E-state index contributed by atoms with van der Waals surface area (Å²) in [6.45, 7) is 1.76. The molecule has 1 N–H and O–H groups in total. The summed E-state index contributed by atoms with van der Waals surface area (Å²) in [5, 5.41) is 0.483. The molecule has 1 unspecified atom stereocenters. The topological polar surface area (TPSA) is 64.6 Å².